The standard InChI is InChI=1S/C22H20F3N5O3S/c1-3-28-17-4-10(2)8-29(17)30-9-13(19(31)20(32)18(30)22(28)33)21-27-26-16(34-21)7-12-14(24)5-11(23)6-15(12)25/h5-6,9-10,17,32H,3-4,7-8H2,1-2H3/t10-,17+/m0/s1. The van der Waals surface area contributed by atoms with Crippen molar-refractivity contribution < 1.29 is 23.1 Å². The lowest BCUT2D eigenvalue weighted by Gasteiger charge is -2.42. The number of aromatic nitrogens is 3. The van der Waals surface area contributed by atoms with Crippen molar-refractivity contribution in [3.63, 3.8) is 0 Å². The number of carbonyl (C=O) groups is 1. The number of halogens is 3. The molecule has 34 heavy (non-hydrogen) atoms. The van der Waals surface area contributed by atoms with Crippen LogP contribution in [0.15, 0.2) is 23.1 Å². The number of rotatable bonds is 4. The molecule has 2 aromatic heterocycles. The summed E-state index contributed by atoms with van der Waals surface area (Å²) in [4.78, 5) is 27.7. The third-order valence-electron chi connectivity index (χ3n) is 6.19. The van der Waals surface area contributed by atoms with Gasteiger partial charge in [0.05, 0.1) is 5.56 Å². The van der Waals surface area contributed by atoms with E-state index in [0.29, 0.717) is 25.2 Å². The molecular formula is C22H20F3N5O3S. The topological polar surface area (TPSA) is 91.6 Å². The van der Waals surface area contributed by atoms with E-state index in [-0.39, 0.29) is 45.3 Å². The third-order valence-corrected chi connectivity index (χ3v) is 7.15. The van der Waals surface area contributed by atoms with Crippen molar-refractivity contribution in [3.8, 4) is 16.3 Å². The van der Waals surface area contributed by atoms with Crippen molar-refractivity contribution in [3.05, 3.63) is 62.3 Å². The van der Waals surface area contributed by atoms with Gasteiger partial charge in [0.2, 0.25) is 5.43 Å². The summed E-state index contributed by atoms with van der Waals surface area (Å²) in [6.45, 7) is 4.95. The van der Waals surface area contributed by atoms with Crippen LogP contribution in [0.2, 0.25) is 0 Å². The average Bonchev–Trinajstić information content (AvgIpc) is 3.39. The SMILES string of the molecule is CCN1C(=O)c2c(O)c(=O)c(-c3nnc(Cc4c(F)cc(F)cc4F)s3)cn2N2C[C@@H](C)C[C@H]12. The first-order chi connectivity index (χ1) is 16.2. The molecule has 2 aliphatic rings. The van der Waals surface area contributed by atoms with Gasteiger partial charge in [0.15, 0.2) is 16.5 Å². The highest BCUT2D eigenvalue weighted by molar-refractivity contribution is 7.14. The molecule has 0 saturated carbocycles. The maximum Gasteiger partial charge on any atom is 0.278 e. The summed E-state index contributed by atoms with van der Waals surface area (Å²) in [5.74, 6) is -3.95. The van der Waals surface area contributed by atoms with Gasteiger partial charge in [-0.25, -0.2) is 13.2 Å². The Kier molecular flexibility index (Phi) is 5.34. The van der Waals surface area contributed by atoms with Gasteiger partial charge < -0.3 is 10.0 Å². The average molecular weight is 491 g/mol. The van der Waals surface area contributed by atoms with E-state index in [1.54, 1.807) is 4.90 Å². The van der Waals surface area contributed by atoms with Gasteiger partial charge in [-0.05, 0) is 19.3 Å². The predicted molar refractivity (Wildman–Crippen MR) is 118 cm³/mol. The molecular weight excluding hydrogens is 471 g/mol. The highest BCUT2D eigenvalue weighted by Gasteiger charge is 2.44. The van der Waals surface area contributed by atoms with E-state index in [1.165, 1.54) is 10.9 Å². The van der Waals surface area contributed by atoms with E-state index in [1.807, 2.05) is 11.9 Å². The van der Waals surface area contributed by atoms with Crippen LogP contribution in [0, 0.1) is 23.4 Å². The Labute approximate surface area is 195 Å². The largest absolute Gasteiger partial charge is 0.502 e. The van der Waals surface area contributed by atoms with Gasteiger partial charge in [-0.1, -0.05) is 18.3 Å². The van der Waals surface area contributed by atoms with Crippen molar-refractivity contribution in [1.82, 2.24) is 19.8 Å². The highest BCUT2D eigenvalue weighted by Crippen LogP contribution is 2.34. The van der Waals surface area contributed by atoms with Gasteiger partial charge in [0.25, 0.3) is 5.91 Å². The number of carbonyl (C=O) groups excluding carboxylic acids is 1. The van der Waals surface area contributed by atoms with E-state index in [9.17, 15) is 27.9 Å². The van der Waals surface area contributed by atoms with Crippen molar-refractivity contribution in [2.24, 2.45) is 5.92 Å². The Bertz CT molecular complexity index is 1350. The van der Waals surface area contributed by atoms with E-state index >= 15 is 0 Å². The minimum atomic E-state index is -1.05. The van der Waals surface area contributed by atoms with Crippen LogP contribution in [0.4, 0.5) is 13.2 Å². The molecule has 0 spiro atoms. The molecule has 2 atom stereocenters. The fourth-order valence-corrected chi connectivity index (χ4v) is 5.47. The summed E-state index contributed by atoms with van der Waals surface area (Å²) in [6, 6.07) is 1.16. The molecule has 3 aromatic rings. The lowest BCUT2D eigenvalue weighted by molar-refractivity contribution is 0.0606. The third kappa shape index (κ3) is 3.44. The summed E-state index contributed by atoms with van der Waals surface area (Å²) < 4.78 is 42.8. The molecule has 178 valence electrons. The number of pyridine rings is 1. The zero-order valence-corrected chi connectivity index (χ0v) is 19.1. The van der Waals surface area contributed by atoms with Crippen LogP contribution < -0.4 is 10.4 Å². The van der Waals surface area contributed by atoms with Crippen LogP contribution in [0.1, 0.15) is 41.3 Å². The highest BCUT2D eigenvalue weighted by atomic mass is 32.1. The molecule has 4 heterocycles. The summed E-state index contributed by atoms with van der Waals surface area (Å²) in [7, 11) is 0. The first kappa shape index (κ1) is 22.4. The molecule has 8 nitrogen and oxygen atoms in total. The maximum atomic E-state index is 14.0. The Balaban J connectivity index is 1.56. The number of hydrogen-bond acceptors (Lipinski definition) is 7. The minimum Gasteiger partial charge on any atom is -0.502 e. The van der Waals surface area contributed by atoms with Crippen molar-refractivity contribution in [1.29, 1.82) is 0 Å². The van der Waals surface area contributed by atoms with Gasteiger partial charge in [0, 0.05) is 43.4 Å². The van der Waals surface area contributed by atoms with Crippen LogP contribution >= 0.6 is 11.3 Å². The molecule has 5 rings (SSSR count). The molecule has 0 radical (unpaired) electrons. The summed E-state index contributed by atoms with van der Waals surface area (Å²) >= 11 is 0.920. The summed E-state index contributed by atoms with van der Waals surface area (Å²) in [6.07, 6.45) is 1.71. The van der Waals surface area contributed by atoms with E-state index in [4.69, 9.17) is 0 Å². The van der Waals surface area contributed by atoms with Crippen LogP contribution in [0.5, 0.6) is 5.75 Å². The molecule has 12 heteroatoms. The first-order valence-electron chi connectivity index (χ1n) is 10.7. The van der Waals surface area contributed by atoms with E-state index < -0.39 is 34.5 Å². The molecule has 1 aromatic carbocycles. The van der Waals surface area contributed by atoms with Crippen LogP contribution in [0.25, 0.3) is 10.6 Å². The zero-order chi connectivity index (χ0) is 24.3. The Morgan fingerprint density at radius 2 is 1.88 bits per heavy atom. The molecule has 0 unspecified atom stereocenters. The number of nitrogens with zero attached hydrogens (tertiary/aromatic N) is 5. The summed E-state index contributed by atoms with van der Waals surface area (Å²) in [5, 5.41) is 20.9. The zero-order valence-electron chi connectivity index (χ0n) is 18.3. The predicted octanol–water partition coefficient (Wildman–Crippen LogP) is 2.86. The smallest absolute Gasteiger partial charge is 0.278 e. The van der Waals surface area contributed by atoms with Gasteiger partial charge in [0.1, 0.15) is 28.6 Å². The second-order valence-electron chi connectivity index (χ2n) is 8.47. The van der Waals surface area contributed by atoms with Crippen molar-refractivity contribution >= 4 is 17.2 Å². The lowest BCUT2D eigenvalue weighted by atomic mass is 10.1. The van der Waals surface area contributed by atoms with E-state index in [0.717, 1.165) is 17.8 Å². The second kappa shape index (κ2) is 8.12. The van der Waals surface area contributed by atoms with Crippen LogP contribution in [-0.4, -0.2) is 50.0 Å². The monoisotopic (exact) mass is 491 g/mol. The maximum absolute atomic E-state index is 14.0. The van der Waals surface area contributed by atoms with Crippen LogP contribution in [-0.2, 0) is 6.42 Å². The Morgan fingerprint density at radius 3 is 2.56 bits per heavy atom. The quantitative estimate of drug-likeness (QED) is 0.604. The summed E-state index contributed by atoms with van der Waals surface area (Å²) in [5.41, 5.74) is -1.25. The lowest BCUT2D eigenvalue weighted by Crippen LogP contribution is -2.58. The molecule has 1 amide bonds. The van der Waals surface area contributed by atoms with E-state index in [2.05, 4.69) is 17.1 Å². The minimum absolute atomic E-state index is 0.0149. The number of amides is 1. The number of fused-ring (bicyclic) bond motifs is 3. The molecule has 0 aliphatic carbocycles. The van der Waals surface area contributed by atoms with Gasteiger partial charge in [-0.15, -0.1) is 10.2 Å². The fourth-order valence-electron chi connectivity index (χ4n) is 4.61. The van der Waals surface area contributed by atoms with Crippen molar-refractivity contribution in [2.75, 3.05) is 18.1 Å². The fraction of sp³-hybridized carbons (Fsp3) is 0.364. The normalized spacial score (nSPS) is 19.5. The second-order valence-corrected chi connectivity index (χ2v) is 9.54. The molecule has 1 fully saturated rings. The first-order valence-corrected chi connectivity index (χ1v) is 11.5. The number of aromatic hydroxyl groups is 1. The van der Waals surface area contributed by atoms with Gasteiger partial charge in [-0.2, -0.15) is 0 Å². The molecule has 2 aliphatic heterocycles. The molecule has 1 N–H and O–H groups in total. The van der Waals surface area contributed by atoms with Crippen molar-refractivity contribution in [2.45, 2.75) is 32.9 Å². The van der Waals surface area contributed by atoms with Gasteiger partial charge >= 0.3 is 0 Å². The Morgan fingerprint density at radius 1 is 1.18 bits per heavy atom. The Hall–Kier alpha value is -3.41. The molecule has 1 saturated heterocycles. The van der Waals surface area contributed by atoms with Crippen LogP contribution in [0.3, 0.4) is 0 Å². The van der Waals surface area contributed by atoms with Gasteiger partial charge in [-0.3, -0.25) is 19.3 Å². The number of hydrogen-bond donors (Lipinski definition) is 1. The number of benzene rings is 1. The molecule has 0 bridgehead atoms.